The lowest BCUT2D eigenvalue weighted by atomic mass is 10.3. The minimum Gasteiger partial charge on any atom is -0.448 e. The van der Waals surface area contributed by atoms with E-state index in [4.69, 9.17) is 28.9 Å². The molecule has 0 saturated heterocycles. The Hall–Kier alpha value is -1.53. The van der Waals surface area contributed by atoms with Crippen molar-refractivity contribution >= 4 is 35.2 Å². The molecule has 0 saturated carbocycles. The van der Waals surface area contributed by atoms with E-state index in [9.17, 15) is 9.59 Å². The number of aromatic nitrogens is 1. The molecule has 8 heteroatoms. The topological polar surface area (TPSA) is 94.3 Å². The number of nitrogens with zero attached hydrogens (tertiary/aromatic N) is 1. The maximum Gasteiger partial charge on any atom is 0.404 e. The molecule has 0 bridgehead atoms. The lowest BCUT2D eigenvalue weighted by molar-refractivity contribution is 0.0936. The van der Waals surface area contributed by atoms with Gasteiger partial charge in [-0.2, -0.15) is 0 Å². The molecule has 0 atom stereocenters. The zero-order chi connectivity index (χ0) is 12.8. The van der Waals surface area contributed by atoms with Gasteiger partial charge in [-0.1, -0.05) is 23.2 Å². The molecule has 0 radical (unpaired) electrons. The Bertz CT molecular complexity index is 439. The van der Waals surface area contributed by atoms with Gasteiger partial charge in [0.15, 0.2) is 0 Å². The highest BCUT2D eigenvalue weighted by atomic mass is 35.5. The Kier molecular flexibility index (Phi) is 4.99. The van der Waals surface area contributed by atoms with Crippen LogP contribution in [0.1, 0.15) is 10.4 Å². The van der Waals surface area contributed by atoms with Gasteiger partial charge in [0.2, 0.25) is 0 Å². The molecule has 0 aliphatic heterocycles. The molecule has 0 aliphatic rings. The van der Waals surface area contributed by atoms with Crippen LogP contribution in [0, 0.1) is 0 Å². The Morgan fingerprint density at radius 3 is 2.76 bits per heavy atom. The quantitative estimate of drug-likeness (QED) is 0.639. The number of halogens is 2. The highest BCUT2D eigenvalue weighted by Crippen LogP contribution is 2.19. The monoisotopic (exact) mass is 277 g/mol. The zero-order valence-corrected chi connectivity index (χ0v) is 10.1. The minimum absolute atomic E-state index is 0.00414. The number of primary amides is 1. The molecule has 1 rings (SSSR count). The van der Waals surface area contributed by atoms with Gasteiger partial charge < -0.3 is 15.8 Å². The van der Waals surface area contributed by atoms with E-state index in [2.05, 4.69) is 15.0 Å². The Balaban J connectivity index is 2.47. The first-order chi connectivity index (χ1) is 8.00. The van der Waals surface area contributed by atoms with Crippen molar-refractivity contribution in [2.75, 3.05) is 13.2 Å². The standard InChI is InChI=1S/C9H9Cl2N3O3/c10-6-3-5(4-14-7(6)11)8(15)13-1-2-17-9(12)16/h3-4H,1-2H2,(H2,12,16)(H,13,15). The highest BCUT2D eigenvalue weighted by molar-refractivity contribution is 6.41. The van der Waals surface area contributed by atoms with Crippen molar-refractivity contribution in [3.05, 3.63) is 28.0 Å². The third kappa shape index (κ3) is 4.46. The van der Waals surface area contributed by atoms with Gasteiger partial charge in [0.1, 0.15) is 11.8 Å². The number of ether oxygens (including phenoxy) is 1. The van der Waals surface area contributed by atoms with Crippen molar-refractivity contribution in [1.29, 1.82) is 0 Å². The Morgan fingerprint density at radius 1 is 1.47 bits per heavy atom. The van der Waals surface area contributed by atoms with Gasteiger partial charge in [-0.3, -0.25) is 4.79 Å². The second-order valence-electron chi connectivity index (χ2n) is 2.92. The summed E-state index contributed by atoms with van der Waals surface area (Å²) in [4.78, 5) is 25.5. The molecule has 3 N–H and O–H groups in total. The summed E-state index contributed by atoms with van der Waals surface area (Å²) in [6, 6.07) is 1.39. The van der Waals surface area contributed by atoms with Crippen LogP contribution in [-0.2, 0) is 4.74 Å². The lowest BCUT2D eigenvalue weighted by Crippen LogP contribution is -2.29. The van der Waals surface area contributed by atoms with E-state index in [0.29, 0.717) is 0 Å². The fourth-order valence-electron chi connectivity index (χ4n) is 0.964. The highest BCUT2D eigenvalue weighted by Gasteiger charge is 2.08. The predicted molar refractivity (Wildman–Crippen MR) is 62.1 cm³/mol. The normalized spacial score (nSPS) is 9.76. The molecule has 1 aromatic heterocycles. The summed E-state index contributed by atoms with van der Waals surface area (Å²) in [6.07, 6.45) is 0.397. The van der Waals surface area contributed by atoms with Crippen molar-refractivity contribution in [3.8, 4) is 0 Å². The maximum absolute atomic E-state index is 11.5. The van der Waals surface area contributed by atoms with Crippen molar-refractivity contribution in [3.63, 3.8) is 0 Å². The van der Waals surface area contributed by atoms with Gasteiger partial charge in [-0.15, -0.1) is 0 Å². The maximum atomic E-state index is 11.5. The summed E-state index contributed by atoms with van der Waals surface area (Å²) >= 11 is 11.3. The number of amides is 2. The van der Waals surface area contributed by atoms with Crippen molar-refractivity contribution in [2.45, 2.75) is 0 Å². The summed E-state index contributed by atoms with van der Waals surface area (Å²) in [5, 5.41) is 2.80. The van der Waals surface area contributed by atoms with E-state index in [0.717, 1.165) is 0 Å². The van der Waals surface area contributed by atoms with E-state index < -0.39 is 12.0 Å². The number of nitrogens with one attached hydrogen (secondary N) is 1. The molecule has 1 aromatic rings. The van der Waals surface area contributed by atoms with E-state index in [1.54, 1.807) is 0 Å². The van der Waals surface area contributed by atoms with Crippen LogP contribution in [0.25, 0.3) is 0 Å². The molecule has 0 aliphatic carbocycles. The smallest absolute Gasteiger partial charge is 0.404 e. The number of pyridine rings is 1. The number of rotatable bonds is 4. The second kappa shape index (κ2) is 6.27. The van der Waals surface area contributed by atoms with E-state index in [1.807, 2.05) is 0 Å². The van der Waals surface area contributed by atoms with Crippen LogP contribution in [0.3, 0.4) is 0 Å². The molecule has 0 unspecified atom stereocenters. The number of hydrogen-bond acceptors (Lipinski definition) is 4. The third-order valence-corrected chi connectivity index (χ3v) is 2.38. The molecule has 6 nitrogen and oxygen atoms in total. The molecule has 1 heterocycles. The van der Waals surface area contributed by atoms with Gasteiger partial charge in [0.05, 0.1) is 17.1 Å². The molecular formula is C9H9Cl2N3O3. The molecule has 17 heavy (non-hydrogen) atoms. The van der Waals surface area contributed by atoms with Crippen LogP contribution in [0.15, 0.2) is 12.3 Å². The van der Waals surface area contributed by atoms with Gasteiger partial charge in [-0.05, 0) is 6.07 Å². The third-order valence-electron chi connectivity index (χ3n) is 1.69. The van der Waals surface area contributed by atoms with Gasteiger partial charge in [0, 0.05) is 6.20 Å². The number of carbonyl (C=O) groups excluding carboxylic acids is 2. The van der Waals surface area contributed by atoms with Crippen LogP contribution in [0.5, 0.6) is 0 Å². The summed E-state index contributed by atoms with van der Waals surface area (Å²) < 4.78 is 4.43. The molecular weight excluding hydrogens is 269 g/mol. The zero-order valence-electron chi connectivity index (χ0n) is 8.57. The first-order valence-corrected chi connectivity index (χ1v) is 5.28. The van der Waals surface area contributed by atoms with Gasteiger partial charge in [-0.25, -0.2) is 9.78 Å². The van der Waals surface area contributed by atoms with Crippen LogP contribution < -0.4 is 11.1 Å². The lowest BCUT2D eigenvalue weighted by Gasteiger charge is -2.05. The number of carbonyl (C=O) groups is 2. The van der Waals surface area contributed by atoms with E-state index >= 15 is 0 Å². The van der Waals surface area contributed by atoms with Crippen LogP contribution >= 0.6 is 23.2 Å². The Morgan fingerprint density at radius 2 is 2.18 bits per heavy atom. The molecule has 2 amide bonds. The van der Waals surface area contributed by atoms with E-state index in [1.165, 1.54) is 12.3 Å². The van der Waals surface area contributed by atoms with Gasteiger partial charge in [0.25, 0.3) is 5.91 Å². The molecule has 0 aromatic carbocycles. The summed E-state index contributed by atoms with van der Waals surface area (Å²) in [5.74, 6) is -0.399. The summed E-state index contributed by atoms with van der Waals surface area (Å²) in [5.41, 5.74) is 5.00. The number of nitrogens with two attached hydrogens (primary N) is 1. The summed E-state index contributed by atoms with van der Waals surface area (Å²) in [7, 11) is 0. The minimum atomic E-state index is -0.893. The summed E-state index contributed by atoms with van der Waals surface area (Å²) in [6.45, 7) is 0.137. The van der Waals surface area contributed by atoms with Crippen LogP contribution in [-0.4, -0.2) is 30.1 Å². The van der Waals surface area contributed by atoms with E-state index in [-0.39, 0.29) is 28.9 Å². The average Bonchev–Trinajstić information content (AvgIpc) is 2.27. The fourth-order valence-corrected chi connectivity index (χ4v) is 1.23. The molecule has 0 spiro atoms. The predicted octanol–water partition coefficient (Wildman–Crippen LogP) is 1.21. The number of hydrogen-bond donors (Lipinski definition) is 2. The van der Waals surface area contributed by atoms with Crippen LogP contribution in [0.4, 0.5) is 4.79 Å². The average molecular weight is 278 g/mol. The van der Waals surface area contributed by atoms with Crippen molar-refractivity contribution in [2.24, 2.45) is 5.73 Å². The van der Waals surface area contributed by atoms with Crippen LogP contribution in [0.2, 0.25) is 10.2 Å². The second-order valence-corrected chi connectivity index (χ2v) is 3.69. The molecule has 0 fully saturated rings. The molecule has 92 valence electrons. The first kappa shape index (κ1) is 13.5. The fraction of sp³-hybridized carbons (Fsp3) is 0.222. The van der Waals surface area contributed by atoms with Gasteiger partial charge >= 0.3 is 6.09 Å². The van der Waals surface area contributed by atoms with Crippen molar-refractivity contribution < 1.29 is 14.3 Å². The SMILES string of the molecule is NC(=O)OCCNC(=O)c1cnc(Cl)c(Cl)c1. The first-order valence-electron chi connectivity index (χ1n) is 4.52. The van der Waals surface area contributed by atoms with Crippen molar-refractivity contribution in [1.82, 2.24) is 10.3 Å². The Labute approximate surface area is 107 Å². The largest absolute Gasteiger partial charge is 0.448 e.